The summed E-state index contributed by atoms with van der Waals surface area (Å²) in [7, 11) is 0. The number of carbonyl (C=O) groups is 1. The minimum Gasteiger partial charge on any atom is -0.477 e. The number of pyridine rings is 1. The van der Waals surface area contributed by atoms with Crippen molar-refractivity contribution in [3.05, 3.63) is 29.6 Å². The van der Waals surface area contributed by atoms with E-state index in [1.165, 1.54) is 19.3 Å². The van der Waals surface area contributed by atoms with Crippen molar-refractivity contribution >= 4 is 5.97 Å². The third kappa shape index (κ3) is 3.03. The van der Waals surface area contributed by atoms with Crippen LogP contribution in [0.2, 0.25) is 0 Å². The molecule has 1 aromatic rings. The van der Waals surface area contributed by atoms with Gasteiger partial charge in [0.25, 0.3) is 0 Å². The fourth-order valence-electron chi connectivity index (χ4n) is 2.32. The lowest BCUT2D eigenvalue weighted by atomic mass is 10.0. The van der Waals surface area contributed by atoms with Crippen molar-refractivity contribution in [3.8, 4) is 0 Å². The van der Waals surface area contributed by atoms with Gasteiger partial charge in [-0.25, -0.2) is 9.78 Å². The minimum absolute atomic E-state index is 0.132. The number of rotatable bonds is 3. The van der Waals surface area contributed by atoms with Crippen molar-refractivity contribution < 1.29 is 9.90 Å². The van der Waals surface area contributed by atoms with E-state index in [9.17, 15) is 4.79 Å². The van der Waals surface area contributed by atoms with Crippen LogP contribution in [0, 0.1) is 0 Å². The van der Waals surface area contributed by atoms with Gasteiger partial charge in [-0.15, -0.1) is 0 Å². The maximum atomic E-state index is 10.8. The first-order valence-electron chi connectivity index (χ1n) is 6.09. The van der Waals surface area contributed by atoms with Crippen LogP contribution in [0.25, 0.3) is 0 Å². The predicted octanol–water partition coefficient (Wildman–Crippen LogP) is 2.15. The van der Waals surface area contributed by atoms with Gasteiger partial charge in [0.05, 0.1) is 0 Å². The van der Waals surface area contributed by atoms with Gasteiger partial charge in [-0.1, -0.05) is 6.42 Å². The molecule has 2 rings (SSSR count). The van der Waals surface area contributed by atoms with E-state index in [4.69, 9.17) is 5.11 Å². The molecule has 1 aliphatic rings. The summed E-state index contributed by atoms with van der Waals surface area (Å²) in [5.74, 6) is -0.960. The molecule has 0 bridgehead atoms. The number of hydrogen-bond acceptors (Lipinski definition) is 3. The van der Waals surface area contributed by atoms with Crippen LogP contribution in [0.15, 0.2) is 18.3 Å². The summed E-state index contributed by atoms with van der Waals surface area (Å²) < 4.78 is 0. The molecule has 1 aromatic heterocycles. The van der Waals surface area contributed by atoms with Crippen LogP contribution in [-0.4, -0.2) is 33.5 Å². The Morgan fingerprint density at radius 3 is 3.12 bits per heavy atom. The zero-order chi connectivity index (χ0) is 12.3. The van der Waals surface area contributed by atoms with Gasteiger partial charge in [0.2, 0.25) is 0 Å². The summed E-state index contributed by atoms with van der Waals surface area (Å²) in [4.78, 5) is 17.1. The number of piperidine rings is 1. The van der Waals surface area contributed by atoms with E-state index in [1.807, 2.05) is 6.07 Å². The maximum Gasteiger partial charge on any atom is 0.354 e. The van der Waals surface area contributed by atoms with E-state index in [1.54, 1.807) is 12.3 Å². The highest BCUT2D eigenvalue weighted by atomic mass is 16.4. The van der Waals surface area contributed by atoms with Gasteiger partial charge in [0.15, 0.2) is 0 Å². The molecule has 0 radical (unpaired) electrons. The van der Waals surface area contributed by atoms with Crippen molar-refractivity contribution in [1.82, 2.24) is 9.88 Å². The highest BCUT2D eigenvalue weighted by Crippen LogP contribution is 2.19. The minimum atomic E-state index is -0.960. The third-order valence-electron chi connectivity index (χ3n) is 3.37. The molecular weight excluding hydrogens is 216 g/mol. The average Bonchev–Trinajstić information content (AvgIpc) is 2.32. The van der Waals surface area contributed by atoms with Crippen LogP contribution in [-0.2, 0) is 6.54 Å². The van der Waals surface area contributed by atoms with Gasteiger partial charge in [0.1, 0.15) is 5.69 Å². The molecule has 17 heavy (non-hydrogen) atoms. The fourth-order valence-corrected chi connectivity index (χ4v) is 2.32. The third-order valence-corrected chi connectivity index (χ3v) is 3.37. The first-order chi connectivity index (χ1) is 8.16. The molecule has 1 N–H and O–H groups in total. The lowest BCUT2D eigenvalue weighted by molar-refractivity contribution is 0.0690. The van der Waals surface area contributed by atoms with E-state index in [-0.39, 0.29) is 5.69 Å². The van der Waals surface area contributed by atoms with E-state index in [0.717, 1.165) is 18.7 Å². The molecule has 1 aliphatic heterocycles. The van der Waals surface area contributed by atoms with Crippen LogP contribution in [0.1, 0.15) is 42.2 Å². The Kier molecular flexibility index (Phi) is 3.74. The quantitative estimate of drug-likeness (QED) is 0.870. The maximum absolute atomic E-state index is 10.8. The van der Waals surface area contributed by atoms with E-state index < -0.39 is 5.97 Å². The van der Waals surface area contributed by atoms with Gasteiger partial charge in [-0.05, 0) is 44.0 Å². The Morgan fingerprint density at radius 2 is 2.41 bits per heavy atom. The topological polar surface area (TPSA) is 53.4 Å². The molecule has 0 aliphatic carbocycles. The molecule has 1 saturated heterocycles. The van der Waals surface area contributed by atoms with Gasteiger partial charge < -0.3 is 5.11 Å². The van der Waals surface area contributed by atoms with Crippen LogP contribution in [0.5, 0.6) is 0 Å². The molecular formula is C13H18N2O2. The molecule has 0 amide bonds. The van der Waals surface area contributed by atoms with Crippen molar-refractivity contribution in [2.75, 3.05) is 6.54 Å². The number of carboxylic acids is 1. The summed E-state index contributed by atoms with van der Waals surface area (Å²) in [5, 5.41) is 8.89. The van der Waals surface area contributed by atoms with Crippen molar-refractivity contribution in [2.24, 2.45) is 0 Å². The fraction of sp³-hybridized carbons (Fsp3) is 0.538. The number of aromatic carboxylic acids is 1. The summed E-state index contributed by atoms with van der Waals surface area (Å²) in [5.41, 5.74) is 1.17. The predicted molar refractivity (Wildman–Crippen MR) is 64.9 cm³/mol. The molecule has 1 unspecified atom stereocenters. The molecule has 4 heteroatoms. The highest BCUT2D eigenvalue weighted by molar-refractivity contribution is 5.85. The summed E-state index contributed by atoms with van der Waals surface area (Å²) in [6.45, 7) is 4.16. The zero-order valence-corrected chi connectivity index (χ0v) is 10.1. The monoisotopic (exact) mass is 234 g/mol. The summed E-state index contributed by atoms with van der Waals surface area (Å²) in [6, 6.07) is 4.16. The van der Waals surface area contributed by atoms with Crippen LogP contribution < -0.4 is 0 Å². The van der Waals surface area contributed by atoms with Gasteiger partial charge in [0, 0.05) is 18.8 Å². The Balaban J connectivity index is 2.07. The number of hydrogen-bond donors (Lipinski definition) is 1. The summed E-state index contributed by atoms with van der Waals surface area (Å²) in [6.07, 6.45) is 5.35. The molecule has 0 aromatic carbocycles. The Bertz CT molecular complexity index is 406. The molecule has 2 heterocycles. The van der Waals surface area contributed by atoms with Crippen molar-refractivity contribution in [1.29, 1.82) is 0 Å². The Labute approximate surface area is 101 Å². The standard InChI is InChI=1S/C13H18N2O2/c1-10-4-2-3-7-15(10)9-11-5-6-14-12(8-11)13(16)17/h5-6,8,10H,2-4,7,9H2,1H3,(H,16,17). The average molecular weight is 234 g/mol. The normalized spacial score (nSPS) is 21.4. The number of aromatic nitrogens is 1. The molecule has 92 valence electrons. The zero-order valence-electron chi connectivity index (χ0n) is 10.1. The van der Waals surface area contributed by atoms with Gasteiger partial charge in [-0.2, -0.15) is 0 Å². The van der Waals surface area contributed by atoms with Crippen LogP contribution in [0.4, 0.5) is 0 Å². The van der Waals surface area contributed by atoms with Gasteiger partial charge in [-0.3, -0.25) is 4.90 Å². The largest absolute Gasteiger partial charge is 0.477 e. The van der Waals surface area contributed by atoms with E-state index in [2.05, 4.69) is 16.8 Å². The van der Waals surface area contributed by atoms with Crippen LogP contribution >= 0.6 is 0 Å². The second-order valence-corrected chi connectivity index (χ2v) is 4.67. The second-order valence-electron chi connectivity index (χ2n) is 4.67. The van der Waals surface area contributed by atoms with Crippen molar-refractivity contribution in [3.63, 3.8) is 0 Å². The SMILES string of the molecule is CC1CCCCN1Cc1ccnc(C(=O)O)c1. The number of likely N-dealkylation sites (tertiary alicyclic amines) is 1. The lowest BCUT2D eigenvalue weighted by Crippen LogP contribution is -2.36. The molecule has 1 fully saturated rings. The second kappa shape index (κ2) is 5.27. The van der Waals surface area contributed by atoms with E-state index in [0.29, 0.717) is 6.04 Å². The van der Waals surface area contributed by atoms with Gasteiger partial charge >= 0.3 is 5.97 Å². The van der Waals surface area contributed by atoms with E-state index >= 15 is 0 Å². The Hall–Kier alpha value is -1.42. The smallest absolute Gasteiger partial charge is 0.354 e. The number of carboxylic acid groups (broad SMARTS) is 1. The molecule has 0 saturated carbocycles. The molecule has 1 atom stereocenters. The summed E-state index contributed by atoms with van der Waals surface area (Å²) >= 11 is 0. The first kappa shape index (κ1) is 12.0. The highest BCUT2D eigenvalue weighted by Gasteiger charge is 2.18. The number of nitrogens with zero attached hydrogens (tertiary/aromatic N) is 2. The molecule has 4 nitrogen and oxygen atoms in total. The van der Waals surface area contributed by atoms with Crippen LogP contribution in [0.3, 0.4) is 0 Å². The Morgan fingerprint density at radius 1 is 1.59 bits per heavy atom. The lowest BCUT2D eigenvalue weighted by Gasteiger charge is -2.33. The molecule has 0 spiro atoms. The first-order valence-corrected chi connectivity index (χ1v) is 6.09. The van der Waals surface area contributed by atoms with Crippen molar-refractivity contribution in [2.45, 2.75) is 38.8 Å².